The number of amides is 2. The van der Waals surface area contributed by atoms with E-state index < -0.39 is 11.6 Å². The van der Waals surface area contributed by atoms with Crippen molar-refractivity contribution in [1.29, 1.82) is 0 Å². The summed E-state index contributed by atoms with van der Waals surface area (Å²) in [5, 5.41) is 6.53. The van der Waals surface area contributed by atoms with Gasteiger partial charge >= 0.3 is 0 Å². The second kappa shape index (κ2) is 5.22. The number of piperazine rings is 1. The summed E-state index contributed by atoms with van der Waals surface area (Å²) in [6.07, 6.45) is 1.08. The summed E-state index contributed by atoms with van der Waals surface area (Å²) < 4.78 is 5.06. The molecule has 7 nitrogen and oxygen atoms in total. The predicted molar refractivity (Wildman–Crippen MR) is 70.5 cm³/mol. The van der Waals surface area contributed by atoms with Crippen LogP contribution in [-0.4, -0.2) is 38.4 Å². The third kappa shape index (κ3) is 2.39. The highest BCUT2D eigenvalue weighted by atomic mass is 16.5. The molecule has 0 aliphatic carbocycles. The molecule has 2 heterocycles. The van der Waals surface area contributed by atoms with Crippen molar-refractivity contribution in [2.24, 2.45) is 0 Å². The Hall–Kier alpha value is -1.92. The molecule has 2 atom stereocenters. The van der Waals surface area contributed by atoms with Crippen LogP contribution in [0, 0.1) is 6.92 Å². The molecule has 1 aliphatic heterocycles. The Bertz CT molecular complexity index is 527. The molecular formula is C13H20N4O3. The SMILES string of the molecule is CCC1C(=O)NC(C)(CC)C(=O)N1Cc1nc(C)no1. The van der Waals surface area contributed by atoms with Crippen molar-refractivity contribution in [2.75, 3.05) is 0 Å². The number of rotatable bonds is 4. The van der Waals surface area contributed by atoms with Gasteiger partial charge in [0.25, 0.3) is 0 Å². The van der Waals surface area contributed by atoms with Crippen molar-refractivity contribution in [3.05, 3.63) is 11.7 Å². The Morgan fingerprint density at radius 3 is 2.60 bits per heavy atom. The fourth-order valence-corrected chi connectivity index (χ4v) is 2.39. The molecule has 1 fully saturated rings. The van der Waals surface area contributed by atoms with Gasteiger partial charge in [-0.1, -0.05) is 19.0 Å². The first-order chi connectivity index (χ1) is 9.41. The molecule has 110 valence electrons. The van der Waals surface area contributed by atoms with Gasteiger partial charge in [-0.2, -0.15) is 4.98 Å². The molecule has 0 saturated carbocycles. The van der Waals surface area contributed by atoms with Crippen LogP contribution in [0.5, 0.6) is 0 Å². The Kier molecular flexibility index (Phi) is 3.78. The molecule has 1 saturated heterocycles. The fraction of sp³-hybridized carbons (Fsp3) is 0.692. The van der Waals surface area contributed by atoms with Gasteiger partial charge in [0.15, 0.2) is 5.82 Å². The second-order valence-corrected chi connectivity index (χ2v) is 5.27. The monoisotopic (exact) mass is 280 g/mol. The zero-order valence-electron chi connectivity index (χ0n) is 12.3. The van der Waals surface area contributed by atoms with E-state index in [9.17, 15) is 9.59 Å². The highest BCUT2D eigenvalue weighted by Gasteiger charge is 2.46. The van der Waals surface area contributed by atoms with Crippen LogP contribution < -0.4 is 5.32 Å². The van der Waals surface area contributed by atoms with Crippen molar-refractivity contribution in [3.8, 4) is 0 Å². The van der Waals surface area contributed by atoms with Gasteiger partial charge in [-0.25, -0.2) is 0 Å². The number of carbonyl (C=O) groups is 2. The minimum Gasteiger partial charge on any atom is -0.340 e. The summed E-state index contributed by atoms with van der Waals surface area (Å²) in [4.78, 5) is 30.4. The average Bonchev–Trinajstić information content (AvgIpc) is 2.81. The molecule has 0 aromatic carbocycles. The molecule has 1 aromatic heterocycles. The van der Waals surface area contributed by atoms with Crippen LogP contribution in [0.1, 0.15) is 45.3 Å². The average molecular weight is 280 g/mol. The van der Waals surface area contributed by atoms with Gasteiger partial charge in [-0.05, 0) is 26.7 Å². The molecule has 2 amide bonds. The van der Waals surface area contributed by atoms with Crippen LogP contribution in [0.25, 0.3) is 0 Å². The summed E-state index contributed by atoms with van der Waals surface area (Å²) in [5.74, 6) is 0.623. The molecule has 0 bridgehead atoms. The van der Waals surface area contributed by atoms with E-state index in [1.165, 1.54) is 4.90 Å². The smallest absolute Gasteiger partial charge is 0.249 e. The fourth-order valence-electron chi connectivity index (χ4n) is 2.39. The van der Waals surface area contributed by atoms with Gasteiger partial charge < -0.3 is 14.7 Å². The van der Waals surface area contributed by atoms with Crippen LogP contribution >= 0.6 is 0 Å². The van der Waals surface area contributed by atoms with Crippen molar-refractivity contribution >= 4 is 11.8 Å². The van der Waals surface area contributed by atoms with E-state index in [-0.39, 0.29) is 18.4 Å². The maximum absolute atomic E-state index is 12.6. The van der Waals surface area contributed by atoms with Crippen LogP contribution in [-0.2, 0) is 16.1 Å². The highest BCUT2D eigenvalue weighted by Crippen LogP contribution is 2.24. The summed E-state index contributed by atoms with van der Waals surface area (Å²) in [6, 6.07) is -0.491. The summed E-state index contributed by atoms with van der Waals surface area (Å²) in [7, 11) is 0. The molecule has 0 radical (unpaired) electrons. The van der Waals surface area contributed by atoms with Crippen LogP contribution in [0.3, 0.4) is 0 Å². The largest absolute Gasteiger partial charge is 0.340 e. The number of hydrogen-bond donors (Lipinski definition) is 1. The number of aromatic nitrogens is 2. The van der Waals surface area contributed by atoms with Gasteiger partial charge in [-0.15, -0.1) is 0 Å². The van der Waals surface area contributed by atoms with Gasteiger partial charge in [0, 0.05) is 0 Å². The van der Waals surface area contributed by atoms with E-state index in [0.29, 0.717) is 24.6 Å². The first-order valence-electron chi connectivity index (χ1n) is 6.83. The molecule has 20 heavy (non-hydrogen) atoms. The maximum atomic E-state index is 12.6. The van der Waals surface area contributed by atoms with Crippen molar-refractivity contribution in [3.63, 3.8) is 0 Å². The lowest BCUT2D eigenvalue weighted by molar-refractivity contribution is -0.155. The van der Waals surface area contributed by atoms with Crippen molar-refractivity contribution in [2.45, 2.75) is 58.7 Å². The molecule has 1 N–H and O–H groups in total. The second-order valence-electron chi connectivity index (χ2n) is 5.27. The first-order valence-corrected chi connectivity index (χ1v) is 6.83. The van der Waals surface area contributed by atoms with Gasteiger partial charge in [-0.3, -0.25) is 9.59 Å². The Morgan fingerprint density at radius 2 is 2.10 bits per heavy atom. The summed E-state index contributed by atoms with van der Waals surface area (Å²) in [6.45, 7) is 7.37. The zero-order valence-corrected chi connectivity index (χ0v) is 12.3. The minimum atomic E-state index is -0.863. The summed E-state index contributed by atoms with van der Waals surface area (Å²) >= 11 is 0. The highest BCUT2D eigenvalue weighted by molar-refractivity contribution is 5.99. The van der Waals surface area contributed by atoms with E-state index in [4.69, 9.17) is 4.52 Å². The zero-order chi connectivity index (χ0) is 14.9. The molecule has 7 heteroatoms. The number of aryl methyl sites for hydroxylation is 1. The summed E-state index contributed by atoms with van der Waals surface area (Å²) in [5.41, 5.74) is -0.863. The van der Waals surface area contributed by atoms with E-state index in [0.717, 1.165) is 0 Å². The number of carbonyl (C=O) groups excluding carboxylic acids is 2. The molecule has 2 unspecified atom stereocenters. The van der Waals surface area contributed by atoms with Crippen molar-refractivity contribution < 1.29 is 14.1 Å². The Balaban J connectivity index is 2.29. The van der Waals surface area contributed by atoms with Crippen LogP contribution in [0.2, 0.25) is 0 Å². The maximum Gasteiger partial charge on any atom is 0.249 e. The van der Waals surface area contributed by atoms with E-state index in [1.54, 1.807) is 13.8 Å². The van der Waals surface area contributed by atoms with E-state index in [1.807, 2.05) is 13.8 Å². The van der Waals surface area contributed by atoms with Crippen LogP contribution in [0.4, 0.5) is 0 Å². The van der Waals surface area contributed by atoms with E-state index >= 15 is 0 Å². The number of nitrogens with one attached hydrogen (secondary N) is 1. The van der Waals surface area contributed by atoms with Gasteiger partial charge in [0.2, 0.25) is 17.7 Å². The minimum absolute atomic E-state index is 0.109. The lowest BCUT2D eigenvalue weighted by atomic mass is 9.91. The molecule has 1 aromatic rings. The normalized spacial score (nSPS) is 26.8. The Morgan fingerprint density at radius 1 is 1.40 bits per heavy atom. The van der Waals surface area contributed by atoms with Gasteiger partial charge in [0.1, 0.15) is 18.1 Å². The molecular weight excluding hydrogens is 260 g/mol. The van der Waals surface area contributed by atoms with Crippen LogP contribution in [0.15, 0.2) is 4.52 Å². The quantitative estimate of drug-likeness (QED) is 0.880. The lowest BCUT2D eigenvalue weighted by Gasteiger charge is -2.43. The number of nitrogens with zero attached hydrogens (tertiary/aromatic N) is 3. The van der Waals surface area contributed by atoms with Gasteiger partial charge in [0.05, 0.1) is 0 Å². The number of hydrogen-bond acceptors (Lipinski definition) is 5. The molecule has 0 spiro atoms. The predicted octanol–water partition coefficient (Wildman–Crippen LogP) is 0.784. The topological polar surface area (TPSA) is 88.3 Å². The Labute approximate surface area is 117 Å². The standard InChI is InChI=1S/C13H20N4O3/c1-5-9-11(18)15-13(4,6-2)12(19)17(9)7-10-14-8(3)16-20-10/h9H,5-7H2,1-4H3,(H,15,18). The lowest BCUT2D eigenvalue weighted by Crippen LogP contribution is -2.68. The third-order valence-corrected chi connectivity index (χ3v) is 3.78. The molecule has 1 aliphatic rings. The third-order valence-electron chi connectivity index (χ3n) is 3.78. The van der Waals surface area contributed by atoms with E-state index in [2.05, 4.69) is 15.5 Å². The van der Waals surface area contributed by atoms with Crippen molar-refractivity contribution in [1.82, 2.24) is 20.4 Å². The first kappa shape index (κ1) is 14.5. The molecule has 2 rings (SSSR count).